The highest BCUT2D eigenvalue weighted by atomic mass is 16.5. The van der Waals surface area contributed by atoms with E-state index >= 15 is 0 Å². The van der Waals surface area contributed by atoms with Crippen LogP contribution >= 0.6 is 0 Å². The normalized spacial score (nSPS) is 19.5. The summed E-state index contributed by atoms with van der Waals surface area (Å²) in [5, 5.41) is 7.14. The predicted octanol–water partition coefficient (Wildman–Crippen LogP) is 3.94. The minimum atomic E-state index is -0.117. The SMILES string of the molecule is CCNC(=NCC(C)(C)c1ccc(OC)c(OC)c1)NC1CCN(C2CCCC2)CC1. The number of methoxy groups -OCH3 is 2. The van der Waals surface area contributed by atoms with Crippen molar-refractivity contribution in [3.05, 3.63) is 23.8 Å². The molecule has 1 saturated carbocycles. The van der Waals surface area contributed by atoms with Crippen molar-refractivity contribution in [1.82, 2.24) is 15.5 Å². The van der Waals surface area contributed by atoms with Crippen molar-refractivity contribution < 1.29 is 9.47 Å². The average Bonchev–Trinajstić information content (AvgIpc) is 3.32. The first-order chi connectivity index (χ1) is 15.0. The van der Waals surface area contributed by atoms with Crippen molar-refractivity contribution >= 4 is 5.96 Å². The van der Waals surface area contributed by atoms with Crippen LogP contribution in [0.1, 0.15) is 64.9 Å². The van der Waals surface area contributed by atoms with E-state index in [1.54, 1.807) is 14.2 Å². The van der Waals surface area contributed by atoms with Gasteiger partial charge in [-0.1, -0.05) is 32.8 Å². The van der Waals surface area contributed by atoms with Gasteiger partial charge in [0.25, 0.3) is 0 Å². The zero-order chi connectivity index (χ0) is 22.3. The molecule has 1 aromatic rings. The van der Waals surface area contributed by atoms with Gasteiger partial charge in [0, 0.05) is 37.1 Å². The maximum Gasteiger partial charge on any atom is 0.191 e. The fourth-order valence-electron chi connectivity index (χ4n) is 4.82. The van der Waals surface area contributed by atoms with Gasteiger partial charge in [0.2, 0.25) is 0 Å². The summed E-state index contributed by atoms with van der Waals surface area (Å²) in [6.07, 6.45) is 8.01. The van der Waals surface area contributed by atoms with Crippen LogP contribution in [-0.2, 0) is 5.41 Å². The highest BCUT2D eigenvalue weighted by molar-refractivity contribution is 5.80. The largest absolute Gasteiger partial charge is 0.493 e. The predicted molar refractivity (Wildman–Crippen MR) is 129 cm³/mol. The number of likely N-dealkylation sites (tertiary alicyclic amines) is 1. The first-order valence-electron chi connectivity index (χ1n) is 12.0. The van der Waals surface area contributed by atoms with E-state index < -0.39 is 0 Å². The molecule has 6 nitrogen and oxygen atoms in total. The van der Waals surface area contributed by atoms with Crippen LogP contribution in [0, 0.1) is 0 Å². The lowest BCUT2D eigenvalue weighted by atomic mass is 9.84. The number of guanidine groups is 1. The Morgan fingerprint density at radius 1 is 1.06 bits per heavy atom. The van der Waals surface area contributed by atoms with Crippen LogP contribution in [0.5, 0.6) is 11.5 Å². The van der Waals surface area contributed by atoms with Gasteiger partial charge in [0.15, 0.2) is 17.5 Å². The van der Waals surface area contributed by atoms with Crippen molar-refractivity contribution in [2.45, 2.75) is 76.8 Å². The molecule has 0 aromatic heterocycles. The summed E-state index contributed by atoms with van der Waals surface area (Å²) in [5.74, 6) is 2.44. The number of hydrogen-bond donors (Lipinski definition) is 2. The summed E-state index contributed by atoms with van der Waals surface area (Å²) < 4.78 is 10.9. The maximum absolute atomic E-state index is 5.49. The Balaban J connectivity index is 1.59. The molecule has 0 amide bonds. The lowest BCUT2D eigenvalue weighted by Crippen LogP contribution is -2.50. The minimum Gasteiger partial charge on any atom is -0.493 e. The molecule has 6 heteroatoms. The number of rotatable bonds is 8. The summed E-state index contributed by atoms with van der Waals surface area (Å²) in [4.78, 5) is 7.68. The molecule has 1 aliphatic carbocycles. The van der Waals surface area contributed by atoms with E-state index in [0.29, 0.717) is 12.6 Å². The third-order valence-corrected chi connectivity index (χ3v) is 6.85. The summed E-state index contributed by atoms with van der Waals surface area (Å²) in [7, 11) is 3.34. The van der Waals surface area contributed by atoms with Gasteiger partial charge in [0.1, 0.15) is 0 Å². The van der Waals surface area contributed by atoms with E-state index in [0.717, 1.165) is 30.0 Å². The summed E-state index contributed by atoms with van der Waals surface area (Å²) in [5.41, 5.74) is 1.07. The number of benzene rings is 1. The molecule has 1 aliphatic heterocycles. The van der Waals surface area contributed by atoms with Crippen LogP contribution in [0.15, 0.2) is 23.2 Å². The van der Waals surface area contributed by atoms with Crippen LogP contribution in [-0.4, -0.2) is 63.3 Å². The Hall–Kier alpha value is -1.95. The molecule has 2 fully saturated rings. The first-order valence-corrected chi connectivity index (χ1v) is 12.0. The molecule has 174 valence electrons. The quantitative estimate of drug-likeness (QED) is 0.483. The standard InChI is InChI=1S/C25H42N4O2/c1-6-26-24(28-20-13-15-29(16-14-20)21-9-7-8-10-21)27-18-25(2,3)19-11-12-22(30-4)23(17-19)31-5/h11-12,17,20-21H,6-10,13-16,18H2,1-5H3,(H2,26,27,28). The smallest absolute Gasteiger partial charge is 0.191 e. The molecule has 2 N–H and O–H groups in total. The molecular weight excluding hydrogens is 388 g/mol. The summed E-state index contributed by atoms with van der Waals surface area (Å²) >= 11 is 0. The molecule has 0 atom stereocenters. The van der Waals surface area contributed by atoms with Crippen LogP contribution in [0.3, 0.4) is 0 Å². The van der Waals surface area contributed by atoms with Crippen LogP contribution < -0.4 is 20.1 Å². The average molecular weight is 431 g/mol. The second kappa shape index (κ2) is 11.1. The molecule has 1 saturated heterocycles. The molecule has 1 heterocycles. The monoisotopic (exact) mass is 430 g/mol. The van der Waals surface area contributed by atoms with E-state index in [1.807, 2.05) is 6.07 Å². The van der Waals surface area contributed by atoms with E-state index in [-0.39, 0.29) is 5.41 Å². The maximum atomic E-state index is 5.49. The van der Waals surface area contributed by atoms with E-state index in [1.165, 1.54) is 57.2 Å². The highest BCUT2D eigenvalue weighted by Gasteiger charge is 2.28. The Morgan fingerprint density at radius 3 is 2.35 bits per heavy atom. The Kier molecular flexibility index (Phi) is 8.47. The molecule has 0 spiro atoms. The van der Waals surface area contributed by atoms with Gasteiger partial charge in [-0.3, -0.25) is 4.99 Å². The molecule has 2 aliphatic rings. The molecule has 1 aromatic carbocycles. The third-order valence-electron chi connectivity index (χ3n) is 6.85. The third kappa shape index (κ3) is 6.28. The van der Waals surface area contributed by atoms with Gasteiger partial charge in [0.05, 0.1) is 20.8 Å². The fraction of sp³-hybridized carbons (Fsp3) is 0.720. The van der Waals surface area contributed by atoms with Crippen molar-refractivity contribution in [2.75, 3.05) is 40.4 Å². The van der Waals surface area contributed by atoms with Crippen molar-refractivity contribution in [3.8, 4) is 11.5 Å². The fourth-order valence-corrected chi connectivity index (χ4v) is 4.82. The molecule has 0 bridgehead atoms. The lowest BCUT2D eigenvalue weighted by molar-refractivity contribution is 0.150. The van der Waals surface area contributed by atoms with Crippen LogP contribution in [0.2, 0.25) is 0 Å². The van der Waals surface area contributed by atoms with Gasteiger partial charge in [-0.2, -0.15) is 0 Å². The van der Waals surface area contributed by atoms with Gasteiger partial charge in [-0.25, -0.2) is 0 Å². The van der Waals surface area contributed by atoms with Gasteiger partial charge in [-0.05, 0) is 50.3 Å². The molecule has 0 unspecified atom stereocenters. The Bertz CT molecular complexity index is 720. The van der Waals surface area contributed by atoms with Crippen molar-refractivity contribution in [2.24, 2.45) is 4.99 Å². The summed E-state index contributed by atoms with van der Waals surface area (Å²) in [6, 6.07) is 7.48. The number of nitrogens with zero attached hydrogens (tertiary/aromatic N) is 2. The van der Waals surface area contributed by atoms with E-state index in [2.05, 4.69) is 48.4 Å². The zero-order valence-corrected chi connectivity index (χ0v) is 20.2. The number of nitrogens with one attached hydrogen (secondary N) is 2. The molecule has 0 radical (unpaired) electrons. The topological polar surface area (TPSA) is 58.1 Å². The number of hydrogen-bond acceptors (Lipinski definition) is 4. The van der Waals surface area contributed by atoms with Gasteiger partial charge < -0.3 is 25.0 Å². The van der Waals surface area contributed by atoms with E-state index in [4.69, 9.17) is 14.5 Å². The molecule has 31 heavy (non-hydrogen) atoms. The minimum absolute atomic E-state index is 0.117. The van der Waals surface area contributed by atoms with Crippen LogP contribution in [0.4, 0.5) is 0 Å². The first kappa shape index (κ1) is 23.7. The van der Waals surface area contributed by atoms with Crippen molar-refractivity contribution in [3.63, 3.8) is 0 Å². The second-order valence-corrected chi connectivity index (χ2v) is 9.54. The number of aliphatic imine (C=N–C) groups is 1. The lowest BCUT2D eigenvalue weighted by Gasteiger charge is -2.36. The van der Waals surface area contributed by atoms with Crippen molar-refractivity contribution in [1.29, 1.82) is 0 Å². The Morgan fingerprint density at radius 2 is 1.74 bits per heavy atom. The van der Waals surface area contributed by atoms with Gasteiger partial charge in [-0.15, -0.1) is 0 Å². The van der Waals surface area contributed by atoms with Crippen LogP contribution in [0.25, 0.3) is 0 Å². The second-order valence-electron chi connectivity index (χ2n) is 9.54. The number of piperidine rings is 1. The van der Waals surface area contributed by atoms with Gasteiger partial charge >= 0.3 is 0 Å². The summed E-state index contributed by atoms with van der Waals surface area (Å²) in [6.45, 7) is 10.5. The zero-order valence-electron chi connectivity index (χ0n) is 20.2. The van der Waals surface area contributed by atoms with E-state index in [9.17, 15) is 0 Å². The molecular formula is C25H42N4O2. The molecule has 3 rings (SSSR count). The number of ether oxygens (including phenoxy) is 2. The Labute approximate surface area is 188 Å². The highest BCUT2D eigenvalue weighted by Crippen LogP contribution is 2.33.